The van der Waals surface area contributed by atoms with Gasteiger partial charge in [-0.25, -0.2) is 0 Å². The van der Waals surface area contributed by atoms with Crippen molar-refractivity contribution in [2.24, 2.45) is 0 Å². The number of carbonyl (C=O) groups is 2. The van der Waals surface area contributed by atoms with Gasteiger partial charge in [0.15, 0.2) is 0 Å². The summed E-state index contributed by atoms with van der Waals surface area (Å²) in [5, 5.41) is 11.7. The average Bonchev–Trinajstić information content (AvgIpc) is 3.17. The second-order valence-electron chi connectivity index (χ2n) is 8.85. The molecule has 37 heavy (non-hydrogen) atoms. The number of benzene rings is 3. The molecular weight excluding hydrogens is 492 g/mol. The summed E-state index contributed by atoms with van der Waals surface area (Å²) in [7, 11) is 5.35. The lowest BCUT2D eigenvalue weighted by molar-refractivity contribution is -0.132. The van der Waals surface area contributed by atoms with Gasteiger partial charge < -0.3 is 19.5 Å². The molecule has 3 aromatic rings. The number of rotatable bonds is 8. The molecule has 0 radical (unpaired) electrons. The fourth-order valence-electron chi connectivity index (χ4n) is 4.28. The molecule has 1 saturated heterocycles. The topological polar surface area (TPSA) is 79.3 Å². The largest absolute Gasteiger partial charge is 0.507 e. The smallest absolute Gasteiger partial charge is 0.300 e. The monoisotopic (exact) mass is 520 g/mol. The maximum Gasteiger partial charge on any atom is 0.300 e. The number of aliphatic hydroxyl groups is 1. The minimum Gasteiger partial charge on any atom is -0.507 e. The van der Waals surface area contributed by atoms with E-state index in [2.05, 4.69) is 0 Å². The van der Waals surface area contributed by atoms with Gasteiger partial charge in [0.1, 0.15) is 17.3 Å². The Balaban J connectivity index is 1.89. The molecule has 0 saturated carbocycles. The summed E-state index contributed by atoms with van der Waals surface area (Å²) in [6.45, 7) is 2.52. The Morgan fingerprint density at radius 3 is 2.41 bits per heavy atom. The molecule has 4 rings (SSSR count). The first kappa shape index (κ1) is 26.1. The molecule has 0 aromatic heterocycles. The third kappa shape index (κ3) is 5.13. The minimum absolute atomic E-state index is 0.0119. The quantitative estimate of drug-likeness (QED) is 0.229. The summed E-state index contributed by atoms with van der Waals surface area (Å²) in [5.41, 5.74) is 2.40. The van der Waals surface area contributed by atoms with E-state index >= 15 is 0 Å². The van der Waals surface area contributed by atoms with Crippen molar-refractivity contribution in [2.45, 2.75) is 19.4 Å². The van der Waals surface area contributed by atoms with Crippen LogP contribution >= 0.6 is 11.6 Å². The maximum absolute atomic E-state index is 13.4. The second kappa shape index (κ2) is 11.0. The second-order valence-corrected chi connectivity index (χ2v) is 9.26. The van der Waals surface area contributed by atoms with E-state index in [-0.39, 0.29) is 11.3 Å². The van der Waals surface area contributed by atoms with E-state index in [9.17, 15) is 14.7 Å². The molecule has 1 atom stereocenters. The first-order chi connectivity index (χ1) is 17.8. The number of nitrogens with zero attached hydrogens (tertiary/aromatic N) is 2. The van der Waals surface area contributed by atoms with Crippen LogP contribution in [0.3, 0.4) is 0 Å². The summed E-state index contributed by atoms with van der Waals surface area (Å²) < 4.78 is 10.9. The minimum atomic E-state index is -0.874. The van der Waals surface area contributed by atoms with E-state index in [0.717, 1.165) is 12.1 Å². The van der Waals surface area contributed by atoms with Crippen molar-refractivity contribution in [3.8, 4) is 11.5 Å². The van der Waals surface area contributed by atoms with Crippen LogP contribution in [0.25, 0.3) is 5.76 Å². The van der Waals surface area contributed by atoms with Crippen LogP contribution in [-0.2, 0) is 9.59 Å². The lowest BCUT2D eigenvalue weighted by Crippen LogP contribution is -2.29. The first-order valence-corrected chi connectivity index (χ1v) is 12.3. The molecule has 3 aromatic carbocycles. The van der Waals surface area contributed by atoms with Crippen molar-refractivity contribution in [2.75, 3.05) is 37.6 Å². The molecule has 7 nitrogen and oxygen atoms in total. The molecule has 1 aliphatic heterocycles. The van der Waals surface area contributed by atoms with E-state index in [1.807, 2.05) is 50.2 Å². The zero-order chi connectivity index (χ0) is 26.7. The van der Waals surface area contributed by atoms with Gasteiger partial charge in [-0.15, -0.1) is 0 Å². The number of ketones is 1. The van der Waals surface area contributed by atoms with Crippen molar-refractivity contribution in [3.63, 3.8) is 0 Å². The Kier molecular flexibility index (Phi) is 7.74. The highest BCUT2D eigenvalue weighted by molar-refractivity contribution is 6.51. The number of carbonyl (C=O) groups excluding carboxylic acids is 2. The molecule has 8 heteroatoms. The number of halogens is 1. The molecule has 1 aliphatic rings. The molecule has 1 heterocycles. The lowest BCUT2D eigenvalue weighted by Gasteiger charge is -2.26. The highest BCUT2D eigenvalue weighted by Gasteiger charge is 2.47. The number of anilines is 2. The summed E-state index contributed by atoms with van der Waals surface area (Å²) in [5.74, 6) is -0.815. The number of aliphatic hydroxyl groups excluding tert-OH is 1. The highest BCUT2D eigenvalue weighted by atomic mass is 35.5. The molecule has 1 amide bonds. The average molecular weight is 521 g/mol. The third-order valence-corrected chi connectivity index (χ3v) is 6.46. The lowest BCUT2D eigenvalue weighted by atomic mass is 9.94. The Morgan fingerprint density at radius 2 is 1.78 bits per heavy atom. The summed E-state index contributed by atoms with van der Waals surface area (Å²) >= 11 is 6.37. The molecule has 1 unspecified atom stereocenters. The van der Waals surface area contributed by atoms with Crippen LogP contribution in [0.2, 0.25) is 5.02 Å². The maximum atomic E-state index is 13.4. The third-order valence-electron chi connectivity index (χ3n) is 6.16. The van der Waals surface area contributed by atoms with Gasteiger partial charge in [-0.1, -0.05) is 42.8 Å². The van der Waals surface area contributed by atoms with Crippen LogP contribution in [0.1, 0.15) is 30.5 Å². The van der Waals surface area contributed by atoms with Gasteiger partial charge in [0.05, 0.1) is 30.4 Å². The van der Waals surface area contributed by atoms with Crippen LogP contribution in [0.4, 0.5) is 11.4 Å². The predicted octanol–water partition coefficient (Wildman–Crippen LogP) is 5.83. The fourth-order valence-corrected chi connectivity index (χ4v) is 4.53. The van der Waals surface area contributed by atoms with Crippen molar-refractivity contribution in [1.29, 1.82) is 0 Å². The van der Waals surface area contributed by atoms with E-state index < -0.39 is 17.7 Å². The SMILES string of the molecule is CCCOc1cccc(/C(O)=C2\C(=O)C(=O)N(c3ccc(OC)c(Cl)c3)C2c2ccc(N(C)C)cc2)c1. The highest BCUT2D eigenvalue weighted by Crippen LogP contribution is 2.44. The van der Waals surface area contributed by atoms with E-state index in [1.165, 1.54) is 12.0 Å². The molecular formula is C29H29ClN2O5. The number of amides is 1. The summed E-state index contributed by atoms with van der Waals surface area (Å²) in [4.78, 5) is 30.1. The zero-order valence-corrected chi connectivity index (χ0v) is 22.0. The van der Waals surface area contributed by atoms with Crippen LogP contribution in [0, 0.1) is 0 Å². The summed E-state index contributed by atoms with van der Waals surface area (Å²) in [6.07, 6.45) is 0.828. The number of ether oxygens (including phenoxy) is 2. The molecule has 0 aliphatic carbocycles. The molecule has 0 bridgehead atoms. The van der Waals surface area contributed by atoms with Crippen molar-refractivity contribution < 1.29 is 24.2 Å². The van der Waals surface area contributed by atoms with Crippen molar-refractivity contribution in [3.05, 3.63) is 88.5 Å². The summed E-state index contributed by atoms with van der Waals surface area (Å²) in [6, 6.07) is 18.3. The van der Waals surface area contributed by atoms with Gasteiger partial charge in [0.25, 0.3) is 11.7 Å². The molecule has 1 N–H and O–H groups in total. The Labute approximate surface area is 221 Å². The van der Waals surface area contributed by atoms with E-state index in [0.29, 0.717) is 39.9 Å². The van der Waals surface area contributed by atoms with Gasteiger partial charge in [-0.05, 0) is 54.4 Å². The normalized spacial score (nSPS) is 16.7. The fraction of sp³-hybridized carbons (Fsp3) is 0.241. The Morgan fingerprint density at radius 1 is 1.05 bits per heavy atom. The van der Waals surface area contributed by atoms with Gasteiger partial charge in [0.2, 0.25) is 0 Å². The van der Waals surface area contributed by atoms with Crippen LogP contribution < -0.4 is 19.3 Å². The number of methoxy groups -OCH3 is 1. The van der Waals surface area contributed by atoms with Crippen LogP contribution in [0.5, 0.6) is 11.5 Å². The van der Waals surface area contributed by atoms with Crippen molar-refractivity contribution >= 4 is 40.4 Å². The van der Waals surface area contributed by atoms with Gasteiger partial charge in [-0.2, -0.15) is 0 Å². The van der Waals surface area contributed by atoms with Gasteiger partial charge in [-0.3, -0.25) is 14.5 Å². The van der Waals surface area contributed by atoms with Gasteiger partial charge in [0, 0.05) is 31.0 Å². The first-order valence-electron chi connectivity index (χ1n) is 11.9. The molecule has 0 spiro atoms. The number of hydrogen-bond acceptors (Lipinski definition) is 6. The standard InChI is InChI=1S/C29H29ClN2O5/c1-5-15-37-22-8-6-7-19(16-22)27(33)25-26(18-9-11-20(12-10-18)31(2)3)32(29(35)28(25)34)21-13-14-24(36-4)23(30)17-21/h6-14,16-17,26,33H,5,15H2,1-4H3/b27-25+. The zero-order valence-electron chi connectivity index (χ0n) is 21.2. The molecule has 1 fully saturated rings. The van der Waals surface area contributed by atoms with Gasteiger partial charge >= 0.3 is 0 Å². The molecule has 192 valence electrons. The van der Waals surface area contributed by atoms with Crippen LogP contribution in [-0.4, -0.2) is 44.6 Å². The van der Waals surface area contributed by atoms with Crippen molar-refractivity contribution in [1.82, 2.24) is 0 Å². The number of hydrogen-bond donors (Lipinski definition) is 1. The predicted molar refractivity (Wildman–Crippen MR) is 146 cm³/mol. The van der Waals surface area contributed by atoms with E-state index in [4.69, 9.17) is 21.1 Å². The van der Waals surface area contributed by atoms with Crippen LogP contribution in [0.15, 0.2) is 72.3 Å². The Hall–Kier alpha value is -3.97. The number of Topliss-reactive ketones (excluding diaryl/α,β-unsaturated/α-hetero) is 1. The van der Waals surface area contributed by atoms with E-state index in [1.54, 1.807) is 42.5 Å². The Bertz CT molecular complexity index is 1350.